The first-order valence-corrected chi connectivity index (χ1v) is 8.60. The molecule has 5 heteroatoms. The van der Waals surface area contributed by atoms with Crippen LogP contribution < -0.4 is 0 Å². The third-order valence-corrected chi connectivity index (χ3v) is 4.68. The van der Waals surface area contributed by atoms with Crippen LogP contribution in [0.2, 0.25) is 5.02 Å². The minimum absolute atomic E-state index is 0.763. The third-order valence-electron chi connectivity index (χ3n) is 4.31. The number of nitrogens with one attached hydrogen (secondary N) is 1. The number of rotatable bonds is 5. The van der Waals surface area contributed by atoms with Crippen LogP contribution in [0.25, 0.3) is 11.0 Å². The van der Waals surface area contributed by atoms with Crippen LogP contribution >= 0.6 is 11.6 Å². The van der Waals surface area contributed by atoms with E-state index in [9.17, 15) is 0 Å². The zero-order chi connectivity index (χ0) is 17.1. The molecule has 0 atom stereocenters. The minimum atomic E-state index is 0.763. The molecule has 0 saturated carbocycles. The van der Waals surface area contributed by atoms with Gasteiger partial charge in [0.1, 0.15) is 5.65 Å². The summed E-state index contributed by atoms with van der Waals surface area (Å²) >= 11 is 6.17. The van der Waals surface area contributed by atoms with Gasteiger partial charge in [0.15, 0.2) is 0 Å². The van der Waals surface area contributed by atoms with E-state index in [4.69, 9.17) is 11.6 Å². The van der Waals surface area contributed by atoms with Gasteiger partial charge < -0.3 is 4.98 Å². The average Bonchev–Trinajstić information content (AvgIpc) is 3.05. The fraction of sp³-hybridized carbons (Fsp3) is 0.150. The van der Waals surface area contributed by atoms with Gasteiger partial charge in [-0.3, -0.25) is 9.97 Å². The quantitative estimate of drug-likeness (QED) is 0.582. The zero-order valence-electron chi connectivity index (χ0n) is 13.6. The second-order valence-electron chi connectivity index (χ2n) is 6.02. The Morgan fingerprint density at radius 3 is 2.72 bits per heavy atom. The van der Waals surface area contributed by atoms with Crippen LogP contribution in [-0.2, 0) is 19.3 Å². The number of aromatic nitrogens is 4. The van der Waals surface area contributed by atoms with Gasteiger partial charge >= 0.3 is 0 Å². The Hall–Kier alpha value is -2.72. The predicted molar refractivity (Wildman–Crippen MR) is 99.8 cm³/mol. The molecular weight excluding hydrogens is 332 g/mol. The van der Waals surface area contributed by atoms with E-state index < -0.39 is 0 Å². The molecule has 4 aromatic heterocycles. The fourth-order valence-electron chi connectivity index (χ4n) is 2.94. The average molecular weight is 349 g/mol. The first kappa shape index (κ1) is 15.8. The van der Waals surface area contributed by atoms with Gasteiger partial charge in [-0.25, -0.2) is 4.98 Å². The molecule has 0 spiro atoms. The van der Waals surface area contributed by atoms with Gasteiger partial charge in [0.25, 0.3) is 0 Å². The van der Waals surface area contributed by atoms with Crippen LogP contribution in [0.3, 0.4) is 0 Å². The van der Waals surface area contributed by atoms with Gasteiger partial charge in [-0.1, -0.05) is 17.7 Å². The van der Waals surface area contributed by atoms with Gasteiger partial charge in [-0.2, -0.15) is 0 Å². The maximum absolute atomic E-state index is 6.17. The molecule has 1 N–H and O–H groups in total. The summed E-state index contributed by atoms with van der Waals surface area (Å²) in [6, 6.07) is 10.1. The second kappa shape index (κ2) is 7.03. The Bertz CT molecular complexity index is 992. The molecule has 124 valence electrons. The molecule has 4 nitrogen and oxygen atoms in total. The van der Waals surface area contributed by atoms with Crippen molar-refractivity contribution in [1.82, 2.24) is 19.9 Å². The summed E-state index contributed by atoms with van der Waals surface area (Å²) < 4.78 is 0. The van der Waals surface area contributed by atoms with Crippen molar-refractivity contribution in [2.75, 3.05) is 0 Å². The van der Waals surface area contributed by atoms with Gasteiger partial charge in [0, 0.05) is 53.5 Å². The van der Waals surface area contributed by atoms with Crippen LogP contribution in [0.5, 0.6) is 0 Å². The van der Waals surface area contributed by atoms with Crippen molar-refractivity contribution in [2.24, 2.45) is 0 Å². The van der Waals surface area contributed by atoms with Crippen LogP contribution in [0.1, 0.15) is 22.4 Å². The third kappa shape index (κ3) is 3.54. The highest BCUT2D eigenvalue weighted by Crippen LogP contribution is 2.20. The number of hydrogen-bond acceptors (Lipinski definition) is 3. The SMILES string of the molecule is Clc1ccncc1CCc1ccc(Cc2c[nH]c3ncccc23)cn1. The molecule has 0 radical (unpaired) electrons. The summed E-state index contributed by atoms with van der Waals surface area (Å²) in [4.78, 5) is 16.3. The van der Waals surface area contributed by atoms with Gasteiger partial charge in [0.2, 0.25) is 0 Å². The maximum Gasteiger partial charge on any atom is 0.137 e. The molecule has 4 rings (SSSR count). The molecule has 0 unspecified atom stereocenters. The molecule has 0 amide bonds. The van der Waals surface area contributed by atoms with Crippen LogP contribution in [0.15, 0.2) is 61.3 Å². The number of nitrogens with zero attached hydrogens (tertiary/aromatic N) is 3. The summed E-state index contributed by atoms with van der Waals surface area (Å²) in [6.07, 6.45) is 11.8. The minimum Gasteiger partial charge on any atom is -0.346 e. The number of aryl methyl sites for hydroxylation is 2. The van der Waals surface area contributed by atoms with Crippen molar-refractivity contribution < 1.29 is 0 Å². The number of pyridine rings is 3. The van der Waals surface area contributed by atoms with E-state index in [0.717, 1.165) is 46.6 Å². The maximum atomic E-state index is 6.17. The van der Waals surface area contributed by atoms with Gasteiger partial charge in [-0.15, -0.1) is 0 Å². The van der Waals surface area contributed by atoms with Crippen LogP contribution in [0.4, 0.5) is 0 Å². The van der Waals surface area contributed by atoms with Gasteiger partial charge in [0.05, 0.1) is 0 Å². The van der Waals surface area contributed by atoms with E-state index in [1.54, 1.807) is 12.4 Å². The van der Waals surface area contributed by atoms with Crippen molar-refractivity contribution >= 4 is 22.6 Å². The predicted octanol–water partition coefficient (Wildman–Crippen LogP) is 4.38. The Labute approximate surface area is 150 Å². The van der Waals surface area contributed by atoms with Crippen LogP contribution in [0, 0.1) is 0 Å². The highest BCUT2D eigenvalue weighted by Gasteiger charge is 2.06. The summed E-state index contributed by atoms with van der Waals surface area (Å²) in [7, 11) is 0. The van der Waals surface area contributed by atoms with E-state index in [1.165, 1.54) is 11.1 Å². The molecule has 0 aliphatic heterocycles. The van der Waals surface area contributed by atoms with E-state index in [0.29, 0.717) is 0 Å². The standard InChI is InChI=1S/C20H17ClN4/c21-19-7-9-22-12-15(19)4-6-17-5-3-14(11-24-17)10-16-13-25-20-18(16)2-1-8-23-20/h1-3,5,7-9,11-13H,4,6,10H2,(H,23,25). The van der Waals surface area contributed by atoms with Crippen molar-refractivity contribution in [3.05, 3.63) is 88.7 Å². The first-order valence-electron chi connectivity index (χ1n) is 8.23. The lowest BCUT2D eigenvalue weighted by atomic mass is 10.1. The van der Waals surface area contributed by atoms with E-state index in [-0.39, 0.29) is 0 Å². The van der Waals surface area contributed by atoms with Crippen molar-refractivity contribution in [3.63, 3.8) is 0 Å². The van der Waals surface area contributed by atoms with E-state index >= 15 is 0 Å². The number of H-pyrrole nitrogens is 1. The monoisotopic (exact) mass is 348 g/mol. The van der Waals surface area contributed by atoms with E-state index in [2.05, 4.69) is 38.1 Å². The highest BCUT2D eigenvalue weighted by molar-refractivity contribution is 6.31. The highest BCUT2D eigenvalue weighted by atomic mass is 35.5. The molecular formula is C20H17ClN4. The lowest BCUT2D eigenvalue weighted by molar-refractivity contribution is 0.902. The van der Waals surface area contributed by atoms with Crippen molar-refractivity contribution in [1.29, 1.82) is 0 Å². The summed E-state index contributed by atoms with van der Waals surface area (Å²) in [5, 5.41) is 1.93. The molecule has 25 heavy (non-hydrogen) atoms. The molecule has 0 bridgehead atoms. The number of halogens is 1. The zero-order valence-corrected chi connectivity index (χ0v) is 14.4. The Morgan fingerprint density at radius 2 is 1.88 bits per heavy atom. The smallest absolute Gasteiger partial charge is 0.137 e. The molecule has 4 aromatic rings. The van der Waals surface area contributed by atoms with Gasteiger partial charge in [-0.05, 0) is 53.8 Å². The normalized spacial score (nSPS) is 11.1. The molecule has 0 aliphatic carbocycles. The largest absolute Gasteiger partial charge is 0.346 e. The topological polar surface area (TPSA) is 54.5 Å². The molecule has 4 heterocycles. The van der Waals surface area contributed by atoms with Crippen molar-refractivity contribution in [2.45, 2.75) is 19.3 Å². The number of hydrogen-bond donors (Lipinski definition) is 1. The fourth-order valence-corrected chi connectivity index (χ4v) is 3.14. The van der Waals surface area contributed by atoms with Crippen molar-refractivity contribution in [3.8, 4) is 0 Å². The lowest BCUT2D eigenvalue weighted by Gasteiger charge is -2.05. The van der Waals surface area contributed by atoms with Crippen LogP contribution in [-0.4, -0.2) is 19.9 Å². The second-order valence-corrected chi connectivity index (χ2v) is 6.42. The summed E-state index contributed by atoms with van der Waals surface area (Å²) in [5.41, 5.74) is 5.47. The molecule has 0 saturated heterocycles. The Balaban J connectivity index is 1.44. The molecule has 0 aromatic carbocycles. The number of aromatic amines is 1. The van der Waals surface area contributed by atoms with E-state index in [1.807, 2.05) is 30.7 Å². The summed E-state index contributed by atoms with van der Waals surface area (Å²) in [5.74, 6) is 0. The Morgan fingerprint density at radius 1 is 0.920 bits per heavy atom. The summed E-state index contributed by atoms with van der Waals surface area (Å²) in [6.45, 7) is 0. The first-order chi connectivity index (χ1) is 12.3. The number of fused-ring (bicyclic) bond motifs is 1. The Kier molecular flexibility index (Phi) is 4.44. The molecule has 0 fully saturated rings. The molecule has 0 aliphatic rings. The lowest BCUT2D eigenvalue weighted by Crippen LogP contribution is -1.97.